The standard InChI is InChI=1S/C13H13N5O2S/c14-8-1-2-10-11(4-8)17-13(16-10)21-6-9-3-7(5-20-9)12(19)18-15/h1-5H,6,14-15H2,(H,16,17)(H,18,19). The van der Waals surface area contributed by atoms with Crippen LogP contribution in [0.2, 0.25) is 0 Å². The van der Waals surface area contributed by atoms with Crippen molar-refractivity contribution in [3.05, 3.63) is 41.9 Å². The third kappa shape index (κ3) is 2.86. The fraction of sp³-hybridized carbons (Fsp3) is 0.0769. The van der Waals surface area contributed by atoms with E-state index >= 15 is 0 Å². The van der Waals surface area contributed by atoms with Crippen LogP contribution in [0.5, 0.6) is 0 Å². The molecular weight excluding hydrogens is 290 g/mol. The third-order valence-corrected chi connectivity index (χ3v) is 3.78. The number of hydrazine groups is 1. The van der Waals surface area contributed by atoms with Crippen molar-refractivity contribution < 1.29 is 9.21 Å². The maximum atomic E-state index is 11.3. The molecule has 0 saturated carbocycles. The molecule has 6 N–H and O–H groups in total. The van der Waals surface area contributed by atoms with E-state index in [1.54, 1.807) is 6.07 Å². The number of aromatic amines is 1. The molecule has 7 nitrogen and oxygen atoms in total. The smallest absolute Gasteiger partial charge is 0.268 e. The number of carbonyl (C=O) groups is 1. The lowest BCUT2D eigenvalue weighted by molar-refractivity contribution is 0.0953. The van der Waals surface area contributed by atoms with Gasteiger partial charge >= 0.3 is 0 Å². The summed E-state index contributed by atoms with van der Waals surface area (Å²) in [5, 5.41) is 0.761. The Balaban J connectivity index is 1.71. The van der Waals surface area contributed by atoms with Gasteiger partial charge in [0.2, 0.25) is 0 Å². The summed E-state index contributed by atoms with van der Waals surface area (Å²) in [7, 11) is 0. The van der Waals surface area contributed by atoms with Gasteiger partial charge in [-0.05, 0) is 24.3 Å². The quantitative estimate of drug-likeness (QED) is 0.191. The van der Waals surface area contributed by atoms with Crippen LogP contribution in [0.15, 0.2) is 40.1 Å². The number of amides is 1. The molecule has 21 heavy (non-hydrogen) atoms. The Kier molecular flexibility index (Phi) is 3.55. The molecule has 0 aliphatic carbocycles. The Morgan fingerprint density at radius 1 is 1.43 bits per heavy atom. The number of nitrogens with zero attached hydrogens (tertiary/aromatic N) is 1. The van der Waals surface area contributed by atoms with Crippen LogP contribution in [0.1, 0.15) is 16.1 Å². The number of nitrogens with one attached hydrogen (secondary N) is 2. The molecule has 0 spiro atoms. The largest absolute Gasteiger partial charge is 0.468 e. The van der Waals surface area contributed by atoms with Crippen LogP contribution >= 0.6 is 11.8 Å². The number of carbonyl (C=O) groups excluding carboxylic acids is 1. The van der Waals surface area contributed by atoms with Crippen LogP contribution in [0.3, 0.4) is 0 Å². The maximum Gasteiger partial charge on any atom is 0.268 e. The number of nitrogen functional groups attached to an aromatic ring is 2. The van der Waals surface area contributed by atoms with Crippen LogP contribution in [0.4, 0.5) is 5.69 Å². The zero-order valence-electron chi connectivity index (χ0n) is 10.9. The predicted molar refractivity (Wildman–Crippen MR) is 80.4 cm³/mol. The van der Waals surface area contributed by atoms with E-state index < -0.39 is 0 Å². The van der Waals surface area contributed by atoms with E-state index in [4.69, 9.17) is 16.0 Å². The number of nitrogens with two attached hydrogens (primary N) is 2. The molecule has 0 aliphatic rings. The number of anilines is 1. The lowest BCUT2D eigenvalue weighted by Crippen LogP contribution is -2.29. The number of H-pyrrole nitrogens is 1. The lowest BCUT2D eigenvalue weighted by Gasteiger charge is -1.93. The van der Waals surface area contributed by atoms with Gasteiger partial charge in [-0.1, -0.05) is 11.8 Å². The Labute approximate surface area is 124 Å². The minimum atomic E-state index is -0.380. The molecule has 2 heterocycles. The van der Waals surface area contributed by atoms with Gasteiger partial charge in [0, 0.05) is 5.69 Å². The fourth-order valence-corrected chi connectivity index (χ4v) is 2.65. The molecule has 1 amide bonds. The highest BCUT2D eigenvalue weighted by atomic mass is 32.2. The minimum absolute atomic E-state index is 0.380. The summed E-state index contributed by atoms with van der Waals surface area (Å²) in [4.78, 5) is 18.9. The molecule has 0 fully saturated rings. The Morgan fingerprint density at radius 2 is 2.29 bits per heavy atom. The van der Waals surface area contributed by atoms with Crippen LogP contribution in [0, 0.1) is 0 Å². The Bertz CT molecular complexity index is 795. The molecular formula is C13H13N5O2S. The summed E-state index contributed by atoms with van der Waals surface area (Å²) in [6.07, 6.45) is 1.37. The van der Waals surface area contributed by atoms with Crippen LogP contribution in [-0.4, -0.2) is 15.9 Å². The van der Waals surface area contributed by atoms with Gasteiger partial charge in [-0.2, -0.15) is 0 Å². The van der Waals surface area contributed by atoms with E-state index in [-0.39, 0.29) is 5.91 Å². The first kappa shape index (κ1) is 13.5. The van der Waals surface area contributed by atoms with Crippen molar-refractivity contribution in [2.75, 3.05) is 5.73 Å². The minimum Gasteiger partial charge on any atom is -0.468 e. The highest BCUT2D eigenvalue weighted by Crippen LogP contribution is 2.24. The van der Waals surface area contributed by atoms with Crippen molar-refractivity contribution in [1.82, 2.24) is 15.4 Å². The number of imidazole rings is 1. The first-order valence-corrected chi connectivity index (χ1v) is 7.10. The van der Waals surface area contributed by atoms with Crippen LogP contribution in [-0.2, 0) is 5.75 Å². The van der Waals surface area contributed by atoms with E-state index in [0.29, 0.717) is 22.8 Å². The summed E-state index contributed by atoms with van der Waals surface area (Å²) in [6, 6.07) is 7.16. The van der Waals surface area contributed by atoms with Gasteiger partial charge in [0.05, 0.1) is 22.3 Å². The maximum absolute atomic E-state index is 11.3. The number of thioether (sulfide) groups is 1. The van der Waals surface area contributed by atoms with E-state index in [2.05, 4.69) is 15.4 Å². The van der Waals surface area contributed by atoms with E-state index in [1.165, 1.54) is 18.0 Å². The van der Waals surface area contributed by atoms with E-state index in [0.717, 1.165) is 16.2 Å². The molecule has 0 unspecified atom stereocenters. The first-order valence-electron chi connectivity index (χ1n) is 6.12. The van der Waals surface area contributed by atoms with Crippen molar-refractivity contribution in [3.8, 4) is 0 Å². The molecule has 0 aliphatic heterocycles. The fourth-order valence-electron chi connectivity index (χ4n) is 1.87. The monoisotopic (exact) mass is 303 g/mol. The highest BCUT2D eigenvalue weighted by molar-refractivity contribution is 7.98. The summed E-state index contributed by atoms with van der Waals surface area (Å²) in [6.45, 7) is 0. The highest BCUT2D eigenvalue weighted by Gasteiger charge is 2.10. The second-order valence-electron chi connectivity index (χ2n) is 4.38. The summed E-state index contributed by atoms with van der Waals surface area (Å²) in [5.41, 5.74) is 10.6. The third-order valence-electron chi connectivity index (χ3n) is 2.88. The van der Waals surface area contributed by atoms with Crippen LogP contribution in [0.25, 0.3) is 11.0 Å². The Hall–Kier alpha value is -2.45. The molecule has 8 heteroatoms. The molecule has 0 radical (unpaired) electrons. The summed E-state index contributed by atoms with van der Waals surface area (Å²) >= 11 is 1.47. The van der Waals surface area contributed by atoms with Gasteiger partial charge in [0.25, 0.3) is 5.91 Å². The van der Waals surface area contributed by atoms with Gasteiger partial charge in [-0.3, -0.25) is 10.2 Å². The number of rotatable bonds is 4. The number of hydrogen-bond donors (Lipinski definition) is 4. The van der Waals surface area contributed by atoms with Crippen LogP contribution < -0.4 is 17.0 Å². The van der Waals surface area contributed by atoms with Crippen molar-refractivity contribution in [3.63, 3.8) is 0 Å². The zero-order valence-corrected chi connectivity index (χ0v) is 11.7. The SMILES string of the molecule is NNC(=O)c1coc(CSc2nc3ccc(N)cc3[nH]2)c1. The molecule has 1 aromatic carbocycles. The predicted octanol–water partition coefficient (Wildman–Crippen LogP) is 1.63. The average molecular weight is 303 g/mol. The van der Waals surface area contributed by atoms with E-state index in [9.17, 15) is 4.79 Å². The molecule has 3 rings (SSSR count). The Morgan fingerprint density at radius 3 is 3.10 bits per heavy atom. The molecule has 3 aromatic rings. The number of furan rings is 1. The molecule has 0 atom stereocenters. The van der Waals surface area contributed by atoms with Gasteiger partial charge in [0.1, 0.15) is 12.0 Å². The number of hydrogen-bond acceptors (Lipinski definition) is 6. The second-order valence-corrected chi connectivity index (χ2v) is 5.35. The van der Waals surface area contributed by atoms with Gasteiger partial charge in [-0.15, -0.1) is 0 Å². The summed E-state index contributed by atoms with van der Waals surface area (Å²) in [5.74, 6) is 5.90. The molecule has 2 aromatic heterocycles. The van der Waals surface area contributed by atoms with Crippen molar-refractivity contribution >= 4 is 34.4 Å². The lowest BCUT2D eigenvalue weighted by atomic mass is 10.3. The zero-order chi connectivity index (χ0) is 14.8. The van der Waals surface area contributed by atoms with Crippen molar-refractivity contribution in [1.29, 1.82) is 0 Å². The molecule has 0 saturated heterocycles. The molecule has 108 valence electrons. The number of benzene rings is 1. The number of fused-ring (bicyclic) bond motifs is 1. The molecule has 0 bridgehead atoms. The van der Waals surface area contributed by atoms with Gasteiger partial charge < -0.3 is 15.1 Å². The van der Waals surface area contributed by atoms with Crippen molar-refractivity contribution in [2.45, 2.75) is 10.9 Å². The number of aromatic nitrogens is 2. The van der Waals surface area contributed by atoms with Gasteiger partial charge in [0.15, 0.2) is 5.16 Å². The second kappa shape index (κ2) is 5.51. The first-order chi connectivity index (χ1) is 10.2. The van der Waals surface area contributed by atoms with E-state index in [1.807, 2.05) is 18.2 Å². The van der Waals surface area contributed by atoms with Crippen molar-refractivity contribution in [2.24, 2.45) is 5.84 Å². The summed E-state index contributed by atoms with van der Waals surface area (Å²) < 4.78 is 5.30. The topological polar surface area (TPSA) is 123 Å². The normalized spacial score (nSPS) is 10.9. The van der Waals surface area contributed by atoms with Gasteiger partial charge in [-0.25, -0.2) is 10.8 Å². The average Bonchev–Trinajstić information content (AvgIpc) is 3.10.